The molecule has 0 aromatic carbocycles. The van der Waals surface area contributed by atoms with Crippen molar-refractivity contribution in [2.24, 2.45) is 5.84 Å². The highest BCUT2D eigenvalue weighted by Gasteiger charge is 1.92. The van der Waals surface area contributed by atoms with Crippen molar-refractivity contribution >= 4 is 0 Å². The Morgan fingerprint density at radius 1 is 1.10 bits per heavy atom. The first-order chi connectivity index (χ1) is 4.81. The number of hydrazine groups is 1. The Morgan fingerprint density at radius 2 is 1.80 bits per heavy atom. The number of unbranched alkanes of at least 4 members (excludes halogenated alkanes) is 3. The van der Waals surface area contributed by atoms with Gasteiger partial charge in [-0.1, -0.05) is 33.1 Å². The quantitative estimate of drug-likeness (QED) is 0.350. The molecule has 0 aliphatic carbocycles. The molecule has 0 amide bonds. The lowest BCUT2D eigenvalue weighted by molar-refractivity contribution is 0.291. The van der Waals surface area contributed by atoms with Crippen LogP contribution in [0, 0.1) is 0 Å². The van der Waals surface area contributed by atoms with E-state index in [0.29, 0.717) is 0 Å². The Labute approximate surface area is 64.4 Å². The monoisotopic (exact) mass is 144 g/mol. The number of hydrogen-bond acceptors (Lipinski definition) is 2. The summed E-state index contributed by atoms with van der Waals surface area (Å²) < 4.78 is 0. The van der Waals surface area contributed by atoms with Gasteiger partial charge in [-0.2, -0.15) is 0 Å². The third kappa shape index (κ3) is 6.05. The van der Waals surface area contributed by atoms with Crippen LogP contribution in [0.5, 0.6) is 0 Å². The summed E-state index contributed by atoms with van der Waals surface area (Å²) in [6.07, 6.45) is 5.22. The van der Waals surface area contributed by atoms with E-state index in [2.05, 4.69) is 13.8 Å². The Hall–Kier alpha value is -0.0800. The lowest BCUT2D eigenvalue weighted by Crippen LogP contribution is -2.31. The molecule has 0 fully saturated rings. The first kappa shape index (κ1) is 9.92. The van der Waals surface area contributed by atoms with Crippen molar-refractivity contribution in [1.29, 1.82) is 0 Å². The molecule has 0 spiro atoms. The average molecular weight is 144 g/mol. The lowest BCUT2D eigenvalue weighted by atomic mass is 10.2. The molecule has 0 atom stereocenters. The van der Waals surface area contributed by atoms with Gasteiger partial charge in [-0.15, -0.1) is 0 Å². The van der Waals surface area contributed by atoms with E-state index in [1.165, 1.54) is 25.7 Å². The fourth-order valence-corrected chi connectivity index (χ4v) is 0.900. The zero-order chi connectivity index (χ0) is 7.82. The molecule has 0 radical (unpaired) electrons. The molecular weight excluding hydrogens is 124 g/mol. The van der Waals surface area contributed by atoms with E-state index >= 15 is 0 Å². The van der Waals surface area contributed by atoms with Crippen molar-refractivity contribution in [3.05, 3.63) is 0 Å². The summed E-state index contributed by atoms with van der Waals surface area (Å²) in [5, 5.41) is 1.87. The van der Waals surface area contributed by atoms with Crippen molar-refractivity contribution in [2.75, 3.05) is 13.1 Å². The molecule has 62 valence electrons. The molecular formula is C8H20N2. The van der Waals surface area contributed by atoms with Gasteiger partial charge in [0.1, 0.15) is 0 Å². The van der Waals surface area contributed by atoms with Crippen LogP contribution in [0.15, 0.2) is 0 Å². The van der Waals surface area contributed by atoms with Crippen molar-refractivity contribution in [3.8, 4) is 0 Å². The standard InChI is InChI=1S/C8H20N2/c1-3-5-6-7-8-10(9)4-2/h3-9H2,1-2H3. The van der Waals surface area contributed by atoms with Gasteiger partial charge in [0.2, 0.25) is 0 Å². The van der Waals surface area contributed by atoms with E-state index in [4.69, 9.17) is 5.84 Å². The van der Waals surface area contributed by atoms with Crippen LogP contribution in [-0.2, 0) is 0 Å². The van der Waals surface area contributed by atoms with E-state index in [9.17, 15) is 0 Å². The maximum absolute atomic E-state index is 5.59. The SMILES string of the molecule is CCCCCCN(N)CC. The highest BCUT2D eigenvalue weighted by molar-refractivity contribution is 4.46. The number of nitrogens with zero attached hydrogens (tertiary/aromatic N) is 1. The molecule has 0 heterocycles. The summed E-state index contributed by atoms with van der Waals surface area (Å²) in [4.78, 5) is 0. The van der Waals surface area contributed by atoms with Crippen LogP contribution in [0.25, 0.3) is 0 Å². The molecule has 0 saturated carbocycles. The van der Waals surface area contributed by atoms with E-state index in [0.717, 1.165) is 13.1 Å². The first-order valence-electron chi connectivity index (χ1n) is 4.30. The van der Waals surface area contributed by atoms with Crippen LogP contribution in [0.4, 0.5) is 0 Å². The highest BCUT2D eigenvalue weighted by Crippen LogP contribution is 1.98. The lowest BCUT2D eigenvalue weighted by Gasteiger charge is -2.12. The summed E-state index contributed by atoms with van der Waals surface area (Å²) in [5.74, 6) is 5.59. The van der Waals surface area contributed by atoms with Gasteiger partial charge in [0.25, 0.3) is 0 Å². The van der Waals surface area contributed by atoms with Gasteiger partial charge in [-0.3, -0.25) is 5.84 Å². The normalized spacial score (nSPS) is 10.8. The van der Waals surface area contributed by atoms with Gasteiger partial charge in [0.05, 0.1) is 0 Å². The van der Waals surface area contributed by atoms with Crippen LogP contribution < -0.4 is 5.84 Å². The van der Waals surface area contributed by atoms with Gasteiger partial charge < -0.3 is 0 Å². The zero-order valence-corrected chi connectivity index (χ0v) is 7.27. The highest BCUT2D eigenvalue weighted by atomic mass is 15.4. The van der Waals surface area contributed by atoms with Gasteiger partial charge in [0, 0.05) is 13.1 Å². The van der Waals surface area contributed by atoms with Crippen LogP contribution in [0.3, 0.4) is 0 Å². The number of nitrogens with two attached hydrogens (primary N) is 1. The average Bonchev–Trinajstić information content (AvgIpc) is 1.98. The maximum Gasteiger partial charge on any atom is 0.0128 e. The largest absolute Gasteiger partial charge is 0.269 e. The Kier molecular flexibility index (Phi) is 6.98. The molecule has 0 aromatic heterocycles. The fraction of sp³-hybridized carbons (Fsp3) is 1.00. The molecule has 2 nitrogen and oxygen atoms in total. The van der Waals surface area contributed by atoms with Crippen LogP contribution in [0.2, 0.25) is 0 Å². The van der Waals surface area contributed by atoms with E-state index in [-0.39, 0.29) is 0 Å². The fourth-order valence-electron chi connectivity index (χ4n) is 0.900. The molecule has 2 heteroatoms. The van der Waals surface area contributed by atoms with E-state index < -0.39 is 0 Å². The second-order valence-corrected chi connectivity index (χ2v) is 2.69. The van der Waals surface area contributed by atoms with Crippen molar-refractivity contribution in [3.63, 3.8) is 0 Å². The predicted molar refractivity (Wildman–Crippen MR) is 45.6 cm³/mol. The van der Waals surface area contributed by atoms with E-state index in [1.54, 1.807) is 0 Å². The number of hydrogen-bond donors (Lipinski definition) is 1. The van der Waals surface area contributed by atoms with Crippen molar-refractivity contribution < 1.29 is 0 Å². The molecule has 0 aliphatic rings. The van der Waals surface area contributed by atoms with Crippen LogP contribution in [0.1, 0.15) is 39.5 Å². The summed E-state index contributed by atoms with van der Waals surface area (Å²) >= 11 is 0. The summed E-state index contributed by atoms with van der Waals surface area (Å²) in [6.45, 7) is 6.32. The third-order valence-corrected chi connectivity index (χ3v) is 1.71. The van der Waals surface area contributed by atoms with Gasteiger partial charge in [0.15, 0.2) is 0 Å². The molecule has 0 aromatic rings. The summed E-state index contributed by atoms with van der Waals surface area (Å²) in [7, 11) is 0. The first-order valence-corrected chi connectivity index (χ1v) is 4.30. The minimum atomic E-state index is 0.964. The molecule has 0 saturated heterocycles. The Morgan fingerprint density at radius 3 is 2.30 bits per heavy atom. The van der Waals surface area contributed by atoms with Crippen LogP contribution >= 0.6 is 0 Å². The molecule has 0 bridgehead atoms. The zero-order valence-electron chi connectivity index (χ0n) is 7.27. The van der Waals surface area contributed by atoms with E-state index in [1.807, 2.05) is 5.01 Å². The maximum atomic E-state index is 5.59. The van der Waals surface area contributed by atoms with Crippen LogP contribution in [-0.4, -0.2) is 18.1 Å². The second-order valence-electron chi connectivity index (χ2n) is 2.69. The molecule has 0 aliphatic heterocycles. The minimum absolute atomic E-state index is 0.964. The van der Waals surface area contributed by atoms with Crippen molar-refractivity contribution in [2.45, 2.75) is 39.5 Å². The van der Waals surface area contributed by atoms with Crippen molar-refractivity contribution in [1.82, 2.24) is 5.01 Å². The minimum Gasteiger partial charge on any atom is -0.269 e. The summed E-state index contributed by atoms with van der Waals surface area (Å²) in [6, 6.07) is 0. The van der Waals surface area contributed by atoms with Gasteiger partial charge in [-0.25, -0.2) is 5.01 Å². The number of rotatable bonds is 6. The molecule has 10 heavy (non-hydrogen) atoms. The smallest absolute Gasteiger partial charge is 0.0128 e. The molecule has 0 rings (SSSR count). The van der Waals surface area contributed by atoms with Gasteiger partial charge >= 0.3 is 0 Å². The Balaban J connectivity index is 2.89. The third-order valence-electron chi connectivity index (χ3n) is 1.71. The van der Waals surface area contributed by atoms with Gasteiger partial charge in [-0.05, 0) is 6.42 Å². The molecule has 2 N–H and O–H groups in total. The summed E-state index contributed by atoms with van der Waals surface area (Å²) in [5.41, 5.74) is 0. The Bertz CT molecular complexity index is 64.3. The second kappa shape index (κ2) is 7.03. The molecule has 0 unspecified atom stereocenters. The predicted octanol–water partition coefficient (Wildman–Crippen LogP) is 1.76. The topological polar surface area (TPSA) is 29.3 Å².